The predicted molar refractivity (Wildman–Crippen MR) is 75.1 cm³/mol. The van der Waals surface area contributed by atoms with Crippen LogP contribution in [0.25, 0.3) is 0 Å². The second-order valence-corrected chi connectivity index (χ2v) is 4.95. The van der Waals surface area contributed by atoms with Crippen LogP contribution in [-0.4, -0.2) is 48.1 Å². The summed E-state index contributed by atoms with van der Waals surface area (Å²) in [7, 11) is 4.05. The summed E-state index contributed by atoms with van der Waals surface area (Å²) in [6.07, 6.45) is 3.17. The number of rotatable bonds is 5. The highest BCUT2D eigenvalue weighted by Gasteiger charge is 2.19. The first-order chi connectivity index (χ1) is 8.71. The van der Waals surface area contributed by atoms with Crippen molar-refractivity contribution >= 4 is 11.6 Å². The highest BCUT2D eigenvalue weighted by molar-refractivity contribution is 5.48. The molecule has 1 aliphatic heterocycles. The van der Waals surface area contributed by atoms with Gasteiger partial charge in [-0.05, 0) is 26.4 Å². The van der Waals surface area contributed by atoms with Gasteiger partial charge in [0.2, 0.25) is 0 Å². The number of hydrogen-bond acceptors (Lipinski definition) is 5. The molecular formula is C13H23N5. The van der Waals surface area contributed by atoms with Crippen molar-refractivity contribution in [3.63, 3.8) is 0 Å². The summed E-state index contributed by atoms with van der Waals surface area (Å²) in [4.78, 5) is 11.4. The maximum Gasteiger partial charge on any atom is 0.133 e. The van der Waals surface area contributed by atoms with Gasteiger partial charge in [-0.1, -0.05) is 6.92 Å². The highest BCUT2D eigenvalue weighted by Crippen LogP contribution is 2.16. The second-order valence-electron chi connectivity index (χ2n) is 4.95. The van der Waals surface area contributed by atoms with Gasteiger partial charge in [-0.3, -0.25) is 0 Å². The van der Waals surface area contributed by atoms with E-state index in [2.05, 4.69) is 39.5 Å². The number of nitrogens with zero attached hydrogens (tertiary/aromatic N) is 3. The van der Waals surface area contributed by atoms with E-state index in [9.17, 15) is 0 Å². The molecule has 0 radical (unpaired) electrons. The van der Waals surface area contributed by atoms with Gasteiger partial charge in [0.05, 0.1) is 0 Å². The SMILES string of the molecule is CCCc1nc(NC)cc(NC2CCN(C)C2)n1. The van der Waals surface area contributed by atoms with Gasteiger partial charge in [-0.2, -0.15) is 0 Å². The molecule has 100 valence electrons. The van der Waals surface area contributed by atoms with Gasteiger partial charge >= 0.3 is 0 Å². The number of nitrogens with one attached hydrogen (secondary N) is 2. The first-order valence-corrected chi connectivity index (χ1v) is 6.72. The molecule has 1 unspecified atom stereocenters. The molecule has 5 heteroatoms. The largest absolute Gasteiger partial charge is 0.373 e. The van der Waals surface area contributed by atoms with Crippen molar-refractivity contribution < 1.29 is 0 Å². The third-order valence-corrected chi connectivity index (χ3v) is 3.25. The molecule has 2 rings (SSSR count). The predicted octanol–water partition coefficient (Wildman–Crippen LogP) is 1.59. The van der Waals surface area contributed by atoms with Crippen molar-refractivity contribution in [3.05, 3.63) is 11.9 Å². The van der Waals surface area contributed by atoms with Crippen molar-refractivity contribution in [3.8, 4) is 0 Å². The zero-order valence-electron chi connectivity index (χ0n) is 11.5. The van der Waals surface area contributed by atoms with E-state index < -0.39 is 0 Å². The smallest absolute Gasteiger partial charge is 0.133 e. The third kappa shape index (κ3) is 3.32. The van der Waals surface area contributed by atoms with E-state index in [0.717, 1.165) is 43.4 Å². The molecule has 1 aliphatic rings. The minimum absolute atomic E-state index is 0.504. The molecule has 2 N–H and O–H groups in total. The Bertz CT molecular complexity index is 393. The van der Waals surface area contributed by atoms with Crippen LogP contribution < -0.4 is 10.6 Å². The zero-order chi connectivity index (χ0) is 13.0. The average molecular weight is 249 g/mol. The Morgan fingerprint density at radius 2 is 2.17 bits per heavy atom. The molecule has 0 saturated carbocycles. The molecule has 1 aromatic heterocycles. The Morgan fingerprint density at radius 3 is 2.78 bits per heavy atom. The summed E-state index contributed by atoms with van der Waals surface area (Å²) in [5.41, 5.74) is 0. The van der Waals surface area contributed by atoms with Crippen LogP contribution >= 0.6 is 0 Å². The molecule has 0 bridgehead atoms. The third-order valence-electron chi connectivity index (χ3n) is 3.25. The van der Waals surface area contributed by atoms with Gasteiger partial charge in [-0.25, -0.2) is 9.97 Å². The number of aryl methyl sites for hydroxylation is 1. The Labute approximate surface area is 109 Å². The monoisotopic (exact) mass is 249 g/mol. The fourth-order valence-electron chi connectivity index (χ4n) is 2.30. The number of likely N-dealkylation sites (N-methyl/N-ethyl adjacent to an activating group) is 1. The minimum atomic E-state index is 0.504. The molecule has 5 nitrogen and oxygen atoms in total. The van der Waals surface area contributed by atoms with Gasteiger partial charge in [-0.15, -0.1) is 0 Å². The Kier molecular flexibility index (Phi) is 4.36. The quantitative estimate of drug-likeness (QED) is 0.830. The summed E-state index contributed by atoms with van der Waals surface area (Å²) >= 11 is 0. The van der Waals surface area contributed by atoms with Crippen molar-refractivity contribution in [2.45, 2.75) is 32.2 Å². The molecule has 1 atom stereocenters. The number of anilines is 2. The first-order valence-electron chi connectivity index (χ1n) is 6.72. The van der Waals surface area contributed by atoms with E-state index in [0.29, 0.717) is 6.04 Å². The molecule has 18 heavy (non-hydrogen) atoms. The minimum Gasteiger partial charge on any atom is -0.373 e. The van der Waals surface area contributed by atoms with Crippen LogP contribution in [0.5, 0.6) is 0 Å². The van der Waals surface area contributed by atoms with Crippen LogP contribution in [0.4, 0.5) is 11.6 Å². The van der Waals surface area contributed by atoms with Gasteiger partial charge in [0.15, 0.2) is 0 Å². The summed E-state index contributed by atoms with van der Waals surface area (Å²) < 4.78 is 0. The van der Waals surface area contributed by atoms with Gasteiger partial charge < -0.3 is 15.5 Å². The molecule has 0 spiro atoms. The lowest BCUT2D eigenvalue weighted by Crippen LogP contribution is -2.24. The summed E-state index contributed by atoms with van der Waals surface area (Å²) in [5, 5.41) is 6.61. The Balaban J connectivity index is 2.08. The summed E-state index contributed by atoms with van der Waals surface area (Å²) in [6, 6.07) is 2.49. The molecule has 0 amide bonds. The number of aromatic nitrogens is 2. The van der Waals surface area contributed by atoms with E-state index in [1.807, 2.05) is 13.1 Å². The van der Waals surface area contributed by atoms with Crippen LogP contribution in [0, 0.1) is 0 Å². The van der Waals surface area contributed by atoms with E-state index in [4.69, 9.17) is 0 Å². The topological polar surface area (TPSA) is 53.1 Å². The molecule has 1 saturated heterocycles. The molecule has 2 heterocycles. The lowest BCUT2D eigenvalue weighted by atomic mass is 10.2. The molecule has 0 aliphatic carbocycles. The van der Waals surface area contributed by atoms with Crippen LogP contribution in [0.3, 0.4) is 0 Å². The van der Waals surface area contributed by atoms with Gasteiger partial charge in [0, 0.05) is 32.1 Å². The Morgan fingerprint density at radius 1 is 1.39 bits per heavy atom. The number of hydrogen-bond donors (Lipinski definition) is 2. The fourth-order valence-corrected chi connectivity index (χ4v) is 2.30. The van der Waals surface area contributed by atoms with Gasteiger partial charge in [0.1, 0.15) is 17.5 Å². The van der Waals surface area contributed by atoms with Gasteiger partial charge in [0.25, 0.3) is 0 Å². The van der Waals surface area contributed by atoms with Crippen molar-refractivity contribution in [1.82, 2.24) is 14.9 Å². The van der Waals surface area contributed by atoms with E-state index in [-0.39, 0.29) is 0 Å². The molecular weight excluding hydrogens is 226 g/mol. The lowest BCUT2D eigenvalue weighted by Gasteiger charge is -2.15. The summed E-state index contributed by atoms with van der Waals surface area (Å²) in [5.74, 6) is 2.75. The molecule has 1 fully saturated rings. The second kappa shape index (κ2) is 6.00. The maximum atomic E-state index is 4.58. The maximum absolute atomic E-state index is 4.58. The number of likely N-dealkylation sites (tertiary alicyclic amines) is 1. The van der Waals surface area contributed by atoms with Crippen molar-refractivity contribution in [1.29, 1.82) is 0 Å². The Hall–Kier alpha value is -1.36. The van der Waals surface area contributed by atoms with Crippen molar-refractivity contribution in [2.24, 2.45) is 0 Å². The first kappa shape index (κ1) is 13.1. The molecule has 1 aromatic rings. The van der Waals surface area contributed by atoms with Crippen LogP contribution in [0.15, 0.2) is 6.07 Å². The van der Waals surface area contributed by atoms with E-state index >= 15 is 0 Å². The highest BCUT2D eigenvalue weighted by atomic mass is 15.2. The normalized spacial score (nSPS) is 20.1. The fraction of sp³-hybridized carbons (Fsp3) is 0.692. The average Bonchev–Trinajstić information content (AvgIpc) is 2.75. The summed E-state index contributed by atoms with van der Waals surface area (Å²) in [6.45, 7) is 4.39. The van der Waals surface area contributed by atoms with Crippen LogP contribution in [0.1, 0.15) is 25.6 Å². The molecule has 0 aromatic carbocycles. The standard InChI is InChI=1S/C13H23N5/c1-4-5-11-16-12(14-2)8-13(17-11)15-10-6-7-18(3)9-10/h8,10H,4-7,9H2,1-3H3,(H2,14,15,16,17). The van der Waals surface area contributed by atoms with E-state index in [1.54, 1.807) is 0 Å². The van der Waals surface area contributed by atoms with E-state index in [1.165, 1.54) is 6.42 Å². The lowest BCUT2D eigenvalue weighted by molar-refractivity contribution is 0.414. The van der Waals surface area contributed by atoms with Crippen molar-refractivity contribution in [2.75, 3.05) is 37.8 Å². The van der Waals surface area contributed by atoms with Crippen LogP contribution in [-0.2, 0) is 6.42 Å². The zero-order valence-corrected chi connectivity index (χ0v) is 11.5. The van der Waals surface area contributed by atoms with Crippen LogP contribution in [0.2, 0.25) is 0 Å².